The molecule has 4 nitrogen and oxygen atoms in total. The van der Waals surface area contributed by atoms with E-state index in [1.807, 2.05) is 0 Å². The van der Waals surface area contributed by atoms with Crippen molar-refractivity contribution in [3.63, 3.8) is 0 Å². The lowest BCUT2D eigenvalue weighted by molar-refractivity contribution is -0.132. The van der Waals surface area contributed by atoms with E-state index in [-0.39, 0.29) is 11.5 Å². The number of fused-ring (bicyclic) bond motifs is 5. The molecule has 4 aliphatic rings. The van der Waals surface area contributed by atoms with E-state index < -0.39 is 6.10 Å². The zero-order valence-corrected chi connectivity index (χ0v) is 14.4. The first-order chi connectivity index (χ1) is 10.9. The van der Waals surface area contributed by atoms with Crippen LogP contribution in [0, 0.1) is 34.5 Å². The van der Waals surface area contributed by atoms with Crippen molar-refractivity contribution in [1.82, 2.24) is 0 Å². The lowest BCUT2D eigenvalue weighted by Gasteiger charge is -2.60. The fourth-order valence-electron chi connectivity index (χ4n) is 7.12. The Morgan fingerprint density at radius 3 is 2.43 bits per heavy atom. The van der Waals surface area contributed by atoms with Crippen molar-refractivity contribution in [2.45, 2.75) is 77.4 Å². The van der Waals surface area contributed by atoms with Crippen molar-refractivity contribution in [1.29, 1.82) is 0 Å². The molecule has 3 N–H and O–H groups in total. The summed E-state index contributed by atoms with van der Waals surface area (Å²) < 4.78 is 0. The molecule has 0 saturated heterocycles. The molecule has 8 atom stereocenters. The van der Waals surface area contributed by atoms with Gasteiger partial charge >= 0.3 is 0 Å². The lowest BCUT2D eigenvalue weighted by Crippen LogP contribution is -2.54. The fraction of sp³-hybridized carbons (Fsp3) is 0.947. The number of hydrogen-bond acceptors (Lipinski definition) is 4. The standard InChI is InChI=1S/C19H31NO3/c1-18-7-5-12(21)9-11(18)3-4-13-14(18)6-8-19(2)15(13)10-16(20-23)17(19)22/h11-15,17,21-23H,3-10H2,1-2H3/b20-16-/t11-,12-,13+,14-,15-,17-,18-,19-/m0/s1. The van der Waals surface area contributed by atoms with E-state index in [0.29, 0.717) is 34.8 Å². The SMILES string of the molecule is C[C@]12CC[C@H](O)C[C@@H]1CC[C@@H]1[C@@H]2CC[C@]2(C)[C@@H](O)/C(=N\O)C[C@@H]12. The Hall–Kier alpha value is -0.610. The van der Waals surface area contributed by atoms with Gasteiger partial charge in [-0.1, -0.05) is 19.0 Å². The van der Waals surface area contributed by atoms with Gasteiger partial charge in [0.25, 0.3) is 0 Å². The molecule has 4 fully saturated rings. The quantitative estimate of drug-likeness (QED) is 0.474. The van der Waals surface area contributed by atoms with Crippen LogP contribution in [0.4, 0.5) is 0 Å². The van der Waals surface area contributed by atoms with Gasteiger partial charge in [-0.15, -0.1) is 0 Å². The molecule has 130 valence electrons. The highest BCUT2D eigenvalue weighted by molar-refractivity contribution is 5.91. The summed E-state index contributed by atoms with van der Waals surface area (Å²) in [5, 5.41) is 33.4. The highest BCUT2D eigenvalue weighted by Crippen LogP contribution is 2.65. The van der Waals surface area contributed by atoms with Gasteiger partial charge in [-0.05, 0) is 80.5 Å². The van der Waals surface area contributed by atoms with E-state index in [2.05, 4.69) is 19.0 Å². The topological polar surface area (TPSA) is 73.0 Å². The summed E-state index contributed by atoms with van der Waals surface area (Å²) in [7, 11) is 0. The lowest BCUT2D eigenvalue weighted by atomic mass is 9.45. The number of nitrogens with zero attached hydrogens (tertiary/aromatic N) is 1. The first-order valence-electron chi connectivity index (χ1n) is 9.47. The Balaban J connectivity index is 1.64. The van der Waals surface area contributed by atoms with Crippen LogP contribution in [0.15, 0.2) is 5.16 Å². The average Bonchev–Trinajstić information content (AvgIpc) is 2.79. The third kappa shape index (κ3) is 2.07. The van der Waals surface area contributed by atoms with E-state index in [4.69, 9.17) is 0 Å². The van der Waals surface area contributed by atoms with E-state index >= 15 is 0 Å². The third-order valence-corrected chi connectivity index (χ3v) is 8.57. The molecule has 4 aliphatic carbocycles. The summed E-state index contributed by atoms with van der Waals surface area (Å²) in [5.74, 6) is 2.46. The van der Waals surface area contributed by atoms with Gasteiger partial charge in [-0.25, -0.2) is 0 Å². The van der Waals surface area contributed by atoms with Gasteiger partial charge in [0.05, 0.1) is 11.8 Å². The summed E-state index contributed by atoms with van der Waals surface area (Å²) in [4.78, 5) is 0. The summed E-state index contributed by atoms with van der Waals surface area (Å²) in [6.07, 6.45) is 7.80. The van der Waals surface area contributed by atoms with Crippen molar-refractivity contribution >= 4 is 5.71 Å². The molecular weight excluding hydrogens is 290 g/mol. The van der Waals surface area contributed by atoms with Crippen LogP contribution < -0.4 is 0 Å². The van der Waals surface area contributed by atoms with Gasteiger partial charge in [0.1, 0.15) is 6.10 Å². The molecule has 4 saturated carbocycles. The van der Waals surface area contributed by atoms with Crippen LogP contribution >= 0.6 is 0 Å². The maximum atomic E-state index is 10.6. The second-order valence-corrected chi connectivity index (χ2v) is 9.33. The minimum absolute atomic E-state index is 0.0973. The maximum Gasteiger partial charge on any atom is 0.101 e. The molecule has 0 unspecified atom stereocenters. The van der Waals surface area contributed by atoms with Crippen molar-refractivity contribution in [3.8, 4) is 0 Å². The summed E-state index contributed by atoms with van der Waals surface area (Å²) >= 11 is 0. The van der Waals surface area contributed by atoms with Gasteiger partial charge in [0.2, 0.25) is 0 Å². The zero-order chi connectivity index (χ0) is 16.4. The highest BCUT2D eigenvalue weighted by Gasteiger charge is 2.61. The number of hydrogen-bond donors (Lipinski definition) is 3. The average molecular weight is 321 g/mol. The highest BCUT2D eigenvalue weighted by atomic mass is 16.4. The smallest absolute Gasteiger partial charge is 0.101 e. The Morgan fingerprint density at radius 1 is 0.957 bits per heavy atom. The van der Waals surface area contributed by atoms with E-state index in [9.17, 15) is 15.4 Å². The zero-order valence-electron chi connectivity index (χ0n) is 14.4. The van der Waals surface area contributed by atoms with E-state index in [1.54, 1.807) is 0 Å². The Morgan fingerprint density at radius 2 is 1.70 bits per heavy atom. The predicted octanol–water partition coefficient (Wildman–Crippen LogP) is 3.19. The molecule has 0 spiro atoms. The van der Waals surface area contributed by atoms with E-state index in [1.165, 1.54) is 19.3 Å². The molecular formula is C19H31NO3. The second-order valence-electron chi connectivity index (χ2n) is 9.33. The van der Waals surface area contributed by atoms with Gasteiger partial charge in [0.15, 0.2) is 0 Å². The van der Waals surface area contributed by atoms with Crippen LogP contribution in [-0.4, -0.2) is 33.3 Å². The van der Waals surface area contributed by atoms with Gasteiger partial charge < -0.3 is 15.4 Å². The van der Waals surface area contributed by atoms with Gasteiger partial charge in [-0.3, -0.25) is 0 Å². The Bertz CT molecular complexity index is 521. The first kappa shape index (κ1) is 15.9. The molecule has 0 amide bonds. The number of oxime groups is 1. The van der Waals surface area contributed by atoms with Crippen LogP contribution in [0.25, 0.3) is 0 Å². The molecule has 0 radical (unpaired) electrons. The second kappa shape index (κ2) is 5.19. The molecule has 4 heteroatoms. The van der Waals surface area contributed by atoms with Crippen LogP contribution in [0.3, 0.4) is 0 Å². The van der Waals surface area contributed by atoms with Crippen LogP contribution in [0.1, 0.15) is 65.2 Å². The largest absolute Gasteiger partial charge is 0.411 e. The molecule has 23 heavy (non-hydrogen) atoms. The van der Waals surface area contributed by atoms with Crippen molar-refractivity contribution in [3.05, 3.63) is 0 Å². The normalized spacial score (nSPS) is 57.7. The fourth-order valence-corrected chi connectivity index (χ4v) is 7.12. The van der Waals surface area contributed by atoms with Crippen molar-refractivity contribution in [2.24, 2.45) is 39.7 Å². The number of rotatable bonds is 0. The third-order valence-electron chi connectivity index (χ3n) is 8.57. The van der Waals surface area contributed by atoms with Crippen LogP contribution in [0.2, 0.25) is 0 Å². The number of aliphatic hydroxyl groups is 2. The molecule has 0 aliphatic heterocycles. The first-order valence-corrected chi connectivity index (χ1v) is 9.47. The minimum Gasteiger partial charge on any atom is -0.411 e. The minimum atomic E-state index is -0.572. The van der Waals surface area contributed by atoms with Gasteiger partial charge in [0, 0.05) is 5.41 Å². The molecule has 0 aromatic rings. The monoisotopic (exact) mass is 321 g/mol. The van der Waals surface area contributed by atoms with Crippen molar-refractivity contribution in [2.75, 3.05) is 0 Å². The van der Waals surface area contributed by atoms with Crippen LogP contribution in [-0.2, 0) is 0 Å². The summed E-state index contributed by atoms with van der Waals surface area (Å²) in [5.41, 5.74) is 0.845. The maximum absolute atomic E-state index is 10.6. The van der Waals surface area contributed by atoms with Crippen molar-refractivity contribution < 1.29 is 15.4 Å². The van der Waals surface area contributed by atoms with E-state index in [0.717, 1.165) is 32.1 Å². The Kier molecular flexibility index (Phi) is 3.59. The van der Waals surface area contributed by atoms with Gasteiger partial charge in [-0.2, -0.15) is 0 Å². The van der Waals surface area contributed by atoms with Crippen LogP contribution in [0.5, 0.6) is 0 Å². The molecule has 4 rings (SSSR count). The predicted molar refractivity (Wildman–Crippen MR) is 88.3 cm³/mol. The summed E-state index contributed by atoms with van der Waals surface area (Å²) in [6, 6.07) is 0. The molecule has 0 bridgehead atoms. The molecule has 0 heterocycles. The molecule has 0 aromatic carbocycles. The molecule has 0 aromatic heterocycles. The summed E-state index contributed by atoms with van der Waals surface area (Å²) in [6.45, 7) is 4.67. The Labute approximate surface area is 139 Å². The number of aliphatic hydroxyl groups excluding tert-OH is 2.